The average Bonchev–Trinajstić information content (AvgIpc) is 2.59. The number of hydrogen-bond donors (Lipinski definition) is 0. The molecule has 6 heteroatoms. The Balaban J connectivity index is 2.50. The third-order valence-corrected chi connectivity index (χ3v) is 3.69. The minimum Gasteiger partial charge on any atom is -0.493 e. The Bertz CT molecular complexity index is 694. The van der Waals surface area contributed by atoms with Crippen molar-refractivity contribution >= 4 is 19.5 Å². The molecule has 114 valence electrons. The van der Waals surface area contributed by atoms with Gasteiger partial charge in [-0.3, -0.25) is 9.36 Å². The molecule has 0 fully saturated rings. The molecular formula is C16H15O5P. The van der Waals surface area contributed by atoms with E-state index in [9.17, 15) is 9.36 Å². The number of hydrogen-bond acceptors (Lipinski definition) is 5. The number of benzene rings is 2. The van der Waals surface area contributed by atoms with Crippen LogP contribution >= 0.6 is 8.46 Å². The SMILES string of the molecule is COc1ccc(C(=O)c2ccc(P=O)cc2)c(OC)c1OC. The molecule has 2 aromatic carbocycles. The van der Waals surface area contributed by atoms with Crippen LogP contribution in [0.15, 0.2) is 36.4 Å². The Labute approximate surface area is 130 Å². The molecular weight excluding hydrogens is 303 g/mol. The van der Waals surface area contributed by atoms with Crippen molar-refractivity contribution in [3.05, 3.63) is 47.5 Å². The fourth-order valence-electron chi connectivity index (χ4n) is 2.11. The monoisotopic (exact) mass is 318 g/mol. The maximum atomic E-state index is 12.6. The van der Waals surface area contributed by atoms with Gasteiger partial charge in [0.15, 0.2) is 25.7 Å². The Morgan fingerprint density at radius 1 is 0.864 bits per heavy atom. The average molecular weight is 318 g/mol. The van der Waals surface area contributed by atoms with Crippen LogP contribution in [0.5, 0.6) is 17.2 Å². The highest BCUT2D eigenvalue weighted by Crippen LogP contribution is 2.40. The molecule has 0 atom stereocenters. The van der Waals surface area contributed by atoms with Gasteiger partial charge in [0.1, 0.15) is 0 Å². The fraction of sp³-hybridized carbons (Fsp3) is 0.188. The summed E-state index contributed by atoms with van der Waals surface area (Å²) in [6.07, 6.45) is 0. The second-order valence-electron chi connectivity index (χ2n) is 4.35. The van der Waals surface area contributed by atoms with Gasteiger partial charge in [0.25, 0.3) is 0 Å². The first-order chi connectivity index (χ1) is 10.7. The molecule has 22 heavy (non-hydrogen) atoms. The first kappa shape index (κ1) is 16.0. The van der Waals surface area contributed by atoms with Gasteiger partial charge in [-0.25, -0.2) is 0 Å². The summed E-state index contributed by atoms with van der Waals surface area (Å²) in [6, 6.07) is 9.79. The molecule has 0 radical (unpaired) electrons. The van der Waals surface area contributed by atoms with Gasteiger partial charge in [0.05, 0.1) is 26.9 Å². The number of ether oxygens (including phenoxy) is 3. The summed E-state index contributed by atoms with van der Waals surface area (Å²) in [5.74, 6) is 0.951. The van der Waals surface area contributed by atoms with E-state index < -0.39 is 0 Å². The van der Waals surface area contributed by atoms with Gasteiger partial charge in [-0.05, 0) is 36.4 Å². The van der Waals surface area contributed by atoms with E-state index in [2.05, 4.69) is 0 Å². The van der Waals surface area contributed by atoms with Crippen molar-refractivity contribution in [3.8, 4) is 17.2 Å². The van der Waals surface area contributed by atoms with E-state index in [4.69, 9.17) is 14.2 Å². The Hall–Kier alpha value is -2.39. The summed E-state index contributed by atoms with van der Waals surface area (Å²) in [6.45, 7) is 0. The lowest BCUT2D eigenvalue weighted by molar-refractivity contribution is 0.103. The minimum atomic E-state index is -0.216. The molecule has 0 saturated heterocycles. The highest BCUT2D eigenvalue weighted by Gasteiger charge is 2.21. The number of carbonyl (C=O) groups excluding carboxylic acids is 1. The molecule has 0 aliphatic rings. The van der Waals surface area contributed by atoms with Crippen LogP contribution in [0.1, 0.15) is 15.9 Å². The van der Waals surface area contributed by atoms with Gasteiger partial charge in [-0.15, -0.1) is 0 Å². The number of methoxy groups -OCH3 is 3. The molecule has 0 saturated carbocycles. The lowest BCUT2D eigenvalue weighted by Crippen LogP contribution is -2.07. The highest BCUT2D eigenvalue weighted by molar-refractivity contribution is 7.34. The molecule has 0 unspecified atom stereocenters. The van der Waals surface area contributed by atoms with Crippen molar-refractivity contribution in [1.82, 2.24) is 0 Å². The van der Waals surface area contributed by atoms with Gasteiger partial charge in [-0.2, -0.15) is 0 Å². The first-order valence-corrected chi connectivity index (χ1v) is 7.24. The van der Waals surface area contributed by atoms with Crippen molar-refractivity contribution in [2.75, 3.05) is 21.3 Å². The van der Waals surface area contributed by atoms with E-state index in [1.165, 1.54) is 21.3 Å². The highest BCUT2D eigenvalue weighted by atomic mass is 31.1. The fourth-order valence-corrected chi connectivity index (χ4v) is 2.38. The predicted octanol–water partition coefficient (Wildman–Crippen LogP) is 2.86. The largest absolute Gasteiger partial charge is 0.493 e. The zero-order valence-corrected chi connectivity index (χ0v) is 13.3. The van der Waals surface area contributed by atoms with Crippen LogP contribution in [0.25, 0.3) is 0 Å². The normalized spacial score (nSPS) is 10.3. The van der Waals surface area contributed by atoms with Crippen molar-refractivity contribution < 1.29 is 23.6 Å². The van der Waals surface area contributed by atoms with Gasteiger partial charge in [0.2, 0.25) is 5.75 Å². The summed E-state index contributed by atoms with van der Waals surface area (Å²) in [7, 11) is 4.38. The summed E-state index contributed by atoms with van der Waals surface area (Å²) in [5, 5.41) is 0.607. The zero-order chi connectivity index (χ0) is 16.1. The number of ketones is 1. The Morgan fingerprint density at radius 3 is 2.00 bits per heavy atom. The van der Waals surface area contributed by atoms with Crippen molar-refractivity contribution in [2.24, 2.45) is 0 Å². The molecule has 0 spiro atoms. The van der Waals surface area contributed by atoms with E-state index in [0.29, 0.717) is 33.7 Å². The van der Waals surface area contributed by atoms with E-state index in [0.717, 1.165) is 0 Å². The summed E-state index contributed by atoms with van der Waals surface area (Å²) >= 11 is 0. The van der Waals surface area contributed by atoms with E-state index >= 15 is 0 Å². The predicted molar refractivity (Wildman–Crippen MR) is 83.2 cm³/mol. The zero-order valence-electron chi connectivity index (χ0n) is 12.5. The van der Waals surface area contributed by atoms with Crippen LogP contribution < -0.4 is 19.5 Å². The van der Waals surface area contributed by atoms with Crippen molar-refractivity contribution in [3.63, 3.8) is 0 Å². The second-order valence-corrected chi connectivity index (χ2v) is 5.05. The van der Waals surface area contributed by atoms with Crippen molar-refractivity contribution in [1.29, 1.82) is 0 Å². The van der Waals surface area contributed by atoms with Gasteiger partial charge in [0, 0.05) is 10.9 Å². The van der Waals surface area contributed by atoms with E-state index in [1.54, 1.807) is 36.4 Å². The topological polar surface area (TPSA) is 61.8 Å². The standard InChI is InChI=1S/C16H15O5P/c1-19-13-9-8-12(15(20-2)16(13)21-3)14(17)10-4-6-11(22-18)7-5-10/h4-9H,1-3H3. The molecule has 0 aliphatic carbocycles. The van der Waals surface area contributed by atoms with Gasteiger partial charge in [-0.1, -0.05) is 0 Å². The maximum absolute atomic E-state index is 12.6. The molecule has 0 bridgehead atoms. The molecule has 0 amide bonds. The molecule has 2 rings (SSSR count). The molecule has 2 aromatic rings. The summed E-state index contributed by atoms with van der Waals surface area (Å²) in [4.78, 5) is 12.6. The summed E-state index contributed by atoms with van der Waals surface area (Å²) < 4.78 is 26.6. The Kier molecular flexibility index (Phi) is 5.12. The van der Waals surface area contributed by atoms with Gasteiger partial charge >= 0.3 is 0 Å². The number of carbonyl (C=O) groups is 1. The van der Waals surface area contributed by atoms with Crippen LogP contribution in [0.3, 0.4) is 0 Å². The van der Waals surface area contributed by atoms with Crippen LogP contribution in [0.2, 0.25) is 0 Å². The smallest absolute Gasteiger partial charge is 0.204 e. The first-order valence-electron chi connectivity index (χ1n) is 6.43. The molecule has 5 nitrogen and oxygen atoms in total. The van der Waals surface area contributed by atoms with Gasteiger partial charge < -0.3 is 14.2 Å². The Morgan fingerprint density at radius 2 is 1.50 bits per heavy atom. The third kappa shape index (κ3) is 2.95. The van der Waals surface area contributed by atoms with E-state index in [1.807, 2.05) is 0 Å². The molecule has 0 N–H and O–H groups in total. The number of rotatable bonds is 6. The molecule has 0 aromatic heterocycles. The maximum Gasteiger partial charge on any atom is 0.204 e. The van der Waals surface area contributed by atoms with Crippen molar-refractivity contribution in [2.45, 2.75) is 0 Å². The van der Waals surface area contributed by atoms with Crippen LogP contribution in [-0.2, 0) is 4.57 Å². The minimum absolute atomic E-state index is 0.0805. The van der Waals surface area contributed by atoms with Crippen LogP contribution in [0, 0.1) is 0 Å². The third-order valence-electron chi connectivity index (χ3n) is 3.18. The molecule has 0 heterocycles. The lowest BCUT2D eigenvalue weighted by Gasteiger charge is -2.15. The lowest BCUT2D eigenvalue weighted by atomic mass is 10.0. The second kappa shape index (κ2) is 7.05. The molecule has 0 aliphatic heterocycles. The van der Waals surface area contributed by atoms with E-state index in [-0.39, 0.29) is 14.2 Å². The summed E-state index contributed by atoms with van der Waals surface area (Å²) in [5.41, 5.74) is 0.838. The van der Waals surface area contributed by atoms with Crippen LogP contribution in [0.4, 0.5) is 0 Å². The van der Waals surface area contributed by atoms with Crippen LogP contribution in [-0.4, -0.2) is 27.1 Å². The quantitative estimate of drug-likeness (QED) is 0.605.